The number of carboxylic acids is 1. The van der Waals surface area contributed by atoms with Crippen LogP contribution in [-0.4, -0.2) is 28.9 Å². The van der Waals surface area contributed by atoms with Gasteiger partial charge in [0.15, 0.2) is 6.04 Å². The monoisotopic (exact) mass is 255 g/mol. The molecule has 5 heteroatoms. The minimum absolute atomic E-state index is 0.396. The maximum atomic E-state index is 11.2. The molecule has 0 spiro atoms. The van der Waals surface area contributed by atoms with Crippen LogP contribution < -0.4 is 0 Å². The van der Waals surface area contributed by atoms with Gasteiger partial charge >= 0.3 is 5.97 Å². The molecule has 1 unspecified atom stereocenters. The van der Waals surface area contributed by atoms with Crippen LogP contribution in [0.15, 0.2) is 24.3 Å². The fraction of sp³-hybridized carbons (Fsp3) is 0.333. The third-order valence-electron chi connectivity index (χ3n) is 2.35. The molecule has 1 rings (SSSR count). The van der Waals surface area contributed by atoms with Gasteiger partial charge < -0.3 is 10.0 Å². The lowest BCUT2D eigenvalue weighted by atomic mass is 10.1. The van der Waals surface area contributed by atoms with Gasteiger partial charge in [0.05, 0.1) is 0 Å². The summed E-state index contributed by atoms with van der Waals surface area (Å²) < 4.78 is 0. The van der Waals surface area contributed by atoms with Crippen LogP contribution in [0, 0.1) is 0 Å². The van der Waals surface area contributed by atoms with Crippen molar-refractivity contribution in [2.24, 2.45) is 0 Å². The molecule has 0 heterocycles. The predicted molar refractivity (Wildman–Crippen MR) is 64.9 cm³/mol. The molecule has 0 aliphatic carbocycles. The van der Waals surface area contributed by atoms with Crippen molar-refractivity contribution < 1.29 is 14.7 Å². The molecule has 0 aromatic heterocycles. The Morgan fingerprint density at radius 1 is 1.59 bits per heavy atom. The van der Waals surface area contributed by atoms with E-state index in [0.717, 1.165) is 0 Å². The van der Waals surface area contributed by atoms with Crippen LogP contribution >= 0.6 is 11.6 Å². The van der Waals surface area contributed by atoms with Crippen LogP contribution in [-0.2, 0) is 9.59 Å². The summed E-state index contributed by atoms with van der Waals surface area (Å²) >= 11 is 5.82. The van der Waals surface area contributed by atoms with Crippen LogP contribution in [0.25, 0.3) is 0 Å². The van der Waals surface area contributed by atoms with Crippen LogP contribution in [0.3, 0.4) is 0 Å². The van der Waals surface area contributed by atoms with E-state index in [2.05, 4.69) is 0 Å². The van der Waals surface area contributed by atoms with Gasteiger partial charge in [0.2, 0.25) is 6.41 Å². The molecule has 92 valence electrons. The van der Waals surface area contributed by atoms with Crippen LogP contribution in [0.5, 0.6) is 0 Å². The second-order valence-electron chi connectivity index (χ2n) is 3.64. The van der Waals surface area contributed by atoms with Crippen molar-refractivity contribution in [3.8, 4) is 0 Å². The Morgan fingerprint density at radius 3 is 2.76 bits per heavy atom. The average molecular weight is 256 g/mol. The first-order valence-electron chi connectivity index (χ1n) is 5.29. The zero-order valence-electron chi connectivity index (χ0n) is 9.47. The number of rotatable bonds is 6. The highest BCUT2D eigenvalue weighted by molar-refractivity contribution is 6.30. The van der Waals surface area contributed by atoms with E-state index in [9.17, 15) is 14.7 Å². The van der Waals surface area contributed by atoms with Gasteiger partial charge in [0.25, 0.3) is 0 Å². The number of aliphatic carboxylic acids is 1. The summed E-state index contributed by atoms with van der Waals surface area (Å²) in [5, 5.41) is 9.66. The van der Waals surface area contributed by atoms with Gasteiger partial charge in [-0.15, -0.1) is 0 Å². The third kappa shape index (κ3) is 3.46. The molecular weight excluding hydrogens is 242 g/mol. The quantitative estimate of drug-likeness (QED) is 0.794. The molecule has 0 fully saturated rings. The zero-order valence-corrected chi connectivity index (χ0v) is 10.2. The molecule has 0 aliphatic rings. The second kappa shape index (κ2) is 6.25. The lowest BCUT2D eigenvalue weighted by molar-refractivity contribution is -0.146. The minimum atomic E-state index is -1.06. The summed E-state index contributed by atoms with van der Waals surface area (Å²) in [6.07, 6.45) is 1.26. The van der Waals surface area contributed by atoms with Gasteiger partial charge in [-0.25, -0.2) is 4.79 Å². The molecule has 17 heavy (non-hydrogen) atoms. The Kier molecular flexibility index (Phi) is 4.97. The normalized spacial score (nSPS) is 11.9. The first-order valence-corrected chi connectivity index (χ1v) is 5.67. The number of carboxylic acid groups (broad SMARTS) is 1. The molecular formula is C12H14ClNO3. The highest BCUT2D eigenvalue weighted by atomic mass is 35.5. The zero-order chi connectivity index (χ0) is 12.8. The average Bonchev–Trinajstić information content (AvgIpc) is 2.28. The van der Waals surface area contributed by atoms with Crippen molar-refractivity contribution in [3.05, 3.63) is 34.9 Å². The molecule has 0 aliphatic heterocycles. The van der Waals surface area contributed by atoms with Gasteiger partial charge in [0, 0.05) is 11.6 Å². The molecule has 4 nitrogen and oxygen atoms in total. The van der Waals surface area contributed by atoms with Crippen LogP contribution in [0.1, 0.15) is 24.9 Å². The summed E-state index contributed by atoms with van der Waals surface area (Å²) in [5.74, 6) is -1.06. The fourth-order valence-corrected chi connectivity index (χ4v) is 1.85. The standard InChI is InChI=1S/C12H14ClNO3/c1-2-6-14(8-15)11(12(16)17)9-4-3-5-10(13)7-9/h3-5,7-8,11H,2,6H2,1H3,(H,16,17). The highest BCUT2D eigenvalue weighted by Gasteiger charge is 2.25. The summed E-state index contributed by atoms with van der Waals surface area (Å²) in [4.78, 5) is 23.4. The molecule has 1 amide bonds. The van der Waals surface area contributed by atoms with Crippen molar-refractivity contribution in [1.29, 1.82) is 0 Å². The molecule has 1 aromatic carbocycles. The molecule has 1 aromatic rings. The number of carbonyl (C=O) groups excluding carboxylic acids is 1. The number of amides is 1. The van der Waals surface area contributed by atoms with E-state index in [1.165, 1.54) is 4.90 Å². The Hall–Kier alpha value is -1.55. The van der Waals surface area contributed by atoms with E-state index < -0.39 is 12.0 Å². The van der Waals surface area contributed by atoms with E-state index in [-0.39, 0.29) is 0 Å². The summed E-state index contributed by atoms with van der Waals surface area (Å²) in [5.41, 5.74) is 0.505. The first-order chi connectivity index (χ1) is 8.10. The molecule has 0 bridgehead atoms. The Morgan fingerprint density at radius 2 is 2.29 bits per heavy atom. The van der Waals surface area contributed by atoms with E-state index >= 15 is 0 Å². The second-order valence-corrected chi connectivity index (χ2v) is 4.08. The molecule has 0 saturated carbocycles. The number of halogens is 1. The van der Waals surface area contributed by atoms with Crippen molar-refractivity contribution in [2.45, 2.75) is 19.4 Å². The summed E-state index contributed by atoms with van der Waals surface area (Å²) in [6.45, 7) is 2.28. The van der Waals surface area contributed by atoms with Crippen molar-refractivity contribution in [3.63, 3.8) is 0 Å². The summed E-state index contributed by atoms with van der Waals surface area (Å²) in [7, 11) is 0. The lowest BCUT2D eigenvalue weighted by Gasteiger charge is -2.24. The number of hydrogen-bond donors (Lipinski definition) is 1. The number of carbonyl (C=O) groups is 2. The van der Waals surface area contributed by atoms with E-state index in [1.807, 2.05) is 6.92 Å². The SMILES string of the molecule is CCCN(C=O)C(C(=O)O)c1cccc(Cl)c1. The maximum Gasteiger partial charge on any atom is 0.331 e. The van der Waals surface area contributed by atoms with E-state index in [0.29, 0.717) is 30.0 Å². The predicted octanol–water partition coefficient (Wildman–Crippen LogP) is 2.33. The molecule has 1 N–H and O–H groups in total. The van der Waals surface area contributed by atoms with Gasteiger partial charge in [-0.3, -0.25) is 4.79 Å². The largest absolute Gasteiger partial charge is 0.479 e. The van der Waals surface area contributed by atoms with Crippen molar-refractivity contribution in [1.82, 2.24) is 4.90 Å². The lowest BCUT2D eigenvalue weighted by Crippen LogP contribution is -2.33. The van der Waals surface area contributed by atoms with Crippen molar-refractivity contribution >= 4 is 24.0 Å². The Balaban J connectivity index is 3.07. The van der Waals surface area contributed by atoms with Gasteiger partial charge in [-0.05, 0) is 24.1 Å². The smallest absolute Gasteiger partial charge is 0.331 e. The Bertz CT molecular complexity index is 408. The highest BCUT2D eigenvalue weighted by Crippen LogP contribution is 2.23. The minimum Gasteiger partial charge on any atom is -0.479 e. The molecule has 1 atom stereocenters. The third-order valence-corrected chi connectivity index (χ3v) is 2.58. The van der Waals surface area contributed by atoms with E-state index in [1.54, 1.807) is 24.3 Å². The van der Waals surface area contributed by atoms with E-state index in [4.69, 9.17) is 11.6 Å². The number of hydrogen-bond acceptors (Lipinski definition) is 2. The van der Waals surface area contributed by atoms with Gasteiger partial charge in [0.1, 0.15) is 0 Å². The first kappa shape index (κ1) is 13.5. The number of benzene rings is 1. The summed E-state index contributed by atoms with van der Waals surface area (Å²) in [6, 6.07) is 5.56. The Labute approximate surface area is 105 Å². The van der Waals surface area contributed by atoms with Crippen LogP contribution in [0.2, 0.25) is 5.02 Å². The maximum absolute atomic E-state index is 11.2. The van der Waals surface area contributed by atoms with Crippen LogP contribution in [0.4, 0.5) is 0 Å². The molecule has 0 saturated heterocycles. The van der Waals surface area contributed by atoms with Gasteiger partial charge in [-0.2, -0.15) is 0 Å². The van der Waals surface area contributed by atoms with Crippen molar-refractivity contribution in [2.75, 3.05) is 6.54 Å². The molecule has 0 radical (unpaired) electrons. The van der Waals surface area contributed by atoms with Gasteiger partial charge in [-0.1, -0.05) is 30.7 Å². The fourth-order valence-electron chi connectivity index (χ4n) is 1.65. The number of nitrogens with zero attached hydrogens (tertiary/aromatic N) is 1. The topological polar surface area (TPSA) is 57.6 Å².